The third-order valence-corrected chi connectivity index (χ3v) is 7.10. The molecule has 0 aliphatic heterocycles. The minimum atomic E-state index is -4.71. The fourth-order valence-electron chi connectivity index (χ4n) is 2.81. The van der Waals surface area contributed by atoms with Crippen molar-refractivity contribution in [3.8, 4) is 0 Å². The SMILES string of the molecule is CS(=O)(=O)C1CCCC(Nc2ccccc2S(=O)(=O)C(F)F)C1. The molecule has 0 bridgehead atoms. The van der Waals surface area contributed by atoms with E-state index in [1.54, 1.807) is 6.07 Å². The first-order valence-corrected chi connectivity index (χ1v) is 10.7. The quantitative estimate of drug-likeness (QED) is 0.865. The number of nitrogens with one attached hydrogen (secondary N) is 1. The van der Waals surface area contributed by atoms with Crippen LogP contribution in [0.4, 0.5) is 14.5 Å². The molecule has 2 unspecified atom stereocenters. The van der Waals surface area contributed by atoms with E-state index in [9.17, 15) is 25.6 Å². The van der Waals surface area contributed by atoms with Crippen molar-refractivity contribution in [1.29, 1.82) is 0 Å². The number of benzene rings is 1. The highest BCUT2D eigenvalue weighted by molar-refractivity contribution is 7.92. The lowest BCUT2D eigenvalue weighted by Gasteiger charge is -2.30. The van der Waals surface area contributed by atoms with Gasteiger partial charge in [-0.2, -0.15) is 8.78 Å². The second-order valence-electron chi connectivity index (χ2n) is 5.76. The van der Waals surface area contributed by atoms with E-state index in [4.69, 9.17) is 0 Å². The maximum Gasteiger partial charge on any atom is 0.341 e. The summed E-state index contributed by atoms with van der Waals surface area (Å²) in [5, 5.41) is 2.44. The van der Waals surface area contributed by atoms with Crippen LogP contribution < -0.4 is 5.32 Å². The summed E-state index contributed by atoms with van der Waals surface area (Å²) in [6.07, 6.45) is 3.42. The summed E-state index contributed by atoms with van der Waals surface area (Å²) in [5.74, 6) is -3.50. The third kappa shape index (κ3) is 4.20. The van der Waals surface area contributed by atoms with Gasteiger partial charge in [-0.15, -0.1) is 0 Å². The van der Waals surface area contributed by atoms with Gasteiger partial charge in [0.25, 0.3) is 0 Å². The first-order chi connectivity index (χ1) is 10.6. The molecule has 1 aliphatic rings. The Morgan fingerprint density at radius 1 is 1.13 bits per heavy atom. The van der Waals surface area contributed by atoms with Crippen molar-refractivity contribution in [2.75, 3.05) is 11.6 Å². The Balaban J connectivity index is 2.25. The monoisotopic (exact) mass is 367 g/mol. The molecule has 130 valence electrons. The Bertz CT molecular complexity index is 763. The lowest BCUT2D eigenvalue weighted by Crippen LogP contribution is -2.34. The van der Waals surface area contributed by atoms with Crippen LogP contribution in [0.3, 0.4) is 0 Å². The van der Waals surface area contributed by atoms with Gasteiger partial charge in [0.15, 0.2) is 0 Å². The summed E-state index contributed by atoms with van der Waals surface area (Å²) in [5.41, 5.74) is 0.0898. The van der Waals surface area contributed by atoms with Gasteiger partial charge in [-0.3, -0.25) is 0 Å². The Morgan fingerprint density at radius 3 is 2.39 bits per heavy atom. The Morgan fingerprint density at radius 2 is 1.78 bits per heavy atom. The lowest BCUT2D eigenvalue weighted by molar-refractivity contribution is 0.235. The van der Waals surface area contributed by atoms with Crippen LogP contribution in [0.25, 0.3) is 0 Å². The molecule has 5 nitrogen and oxygen atoms in total. The molecular formula is C14H19F2NO4S2. The van der Waals surface area contributed by atoms with E-state index in [0.717, 1.165) is 6.07 Å². The normalized spacial score (nSPS) is 23.0. The summed E-state index contributed by atoms with van der Waals surface area (Å²) in [7, 11) is -7.90. The predicted octanol–water partition coefficient (Wildman–Crippen LogP) is 2.45. The summed E-state index contributed by atoms with van der Waals surface area (Å²) in [4.78, 5) is -0.462. The Kier molecular flexibility index (Phi) is 5.30. The van der Waals surface area contributed by atoms with E-state index < -0.39 is 35.6 Å². The molecule has 1 aliphatic carbocycles. The first kappa shape index (κ1) is 18.1. The van der Waals surface area contributed by atoms with Crippen molar-refractivity contribution in [2.45, 2.75) is 47.6 Å². The average molecular weight is 367 g/mol. The molecule has 2 atom stereocenters. The smallest absolute Gasteiger partial charge is 0.341 e. The van der Waals surface area contributed by atoms with Gasteiger partial charge in [0, 0.05) is 12.3 Å². The minimum absolute atomic E-state index is 0.0898. The number of para-hydroxylation sites is 1. The molecule has 9 heteroatoms. The molecule has 1 aromatic carbocycles. The summed E-state index contributed by atoms with van der Waals surface area (Å²) in [6, 6.07) is 5.20. The number of rotatable bonds is 5. The van der Waals surface area contributed by atoms with Gasteiger partial charge >= 0.3 is 5.76 Å². The maximum atomic E-state index is 12.8. The molecule has 23 heavy (non-hydrogen) atoms. The molecular weight excluding hydrogens is 348 g/mol. The van der Waals surface area contributed by atoms with Crippen molar-refractivity contribution >= 4 is 25.4 Å². The van der Waals surface area contributed by atoms with E-state index in [1.807, 2.05) is 0 Å². The third-order valence-electron chi connectivity index (χ3n) is 4.02. The highest BCUT2D eigenvalue weighted by Crippen LogP contribution is 2.30. The molecule has 0 heterocycles. The van der Waals surface area contributed by atoms with Crippen LogP contribution in [0.2, 0.25) is 0 Å². The number of sulfone groups is 2. The van der Waals surface area contributed by atoms with Gasteiger partial charge in [0.2, 0.25) is 9.84 Å². The van der Waals surface area contributed by atoms with E-state index in [-0.39, 0.29) is 11.7 Å². The molecule has 1 N–H and O–H groups in total. The second kappa shape index (κ2) is 6.72. The van der Waals surface area contributed by atoms with Crippen molar-refractivity contribution in [3.05, 3.63) is 24.3 Å². The molecule has 0 spiro atoms. The molecule has 0 radical (unpaired) electrons. The first-order valence-electron chi connectivity index (χ1n) is 7.19. The number of anilines is 1. The second-order valence-corrected chi connectivity index (χ2v) is 9.97. The zero-order valence-electron chi connectivity index (χ0n) is 12.6. The van der Waals surface area contributed by atoms with Gasteiger partial charge in [0.1, 0.15) is 9.84 Å². The number of hydrogen-bond donors (Lipinski definition) is 1. The van der Waals surface area contributed by atoms with Gasteiger partial charge in [-0.25, -0.2) is 16.8 Å². The van der Waals surface area contributed by atoms with Crippen LogP contribution in [-0.4, -0.2) is 40.1 Å². The van der Waals surface area contributed by atoms with Gasteiger partial charge in [0.05, 0.1) is 15.8 Å². The predicted molar refractivity (Wildman–Crippen MR) is 84.1 cm³/mol. The van der Waals surface area contributed by atoms with Crippen LogP contribution in [0.15, 0.2) is 29.2 Å². The molecule has 1 saturated carbocycles. The molecule has 0 amide bonds. The molecule has 0 saturated heterocycles. The van der Waals surface area contributed by atoms with E-state index in [2.05, 4.69) is 5.32 Å². The van der Waals surface area contributed by atoms with E-state index >= 15 is 0 Å². The molecule has 1 fully saturated rings. The van der Waals surface area contributed by atoms with Gasteiger partial charge < -0.3 is 5.32 Å². The minimum Gasteiger partial charge on any atom is -0.381 e. The Labute approximate surface area is 134 Å². The number of alkyl halides is 2. The van der Waals surface area contributed by atoms with Crippen LogP contribution in [0, 0.1) is 0 Å². The van der Waals surface area contributed by atoms with Crippen LogP contribution in [0.1, 0.15) is 25.7 Å². The van der Waals surface area contributed by atoms with Crippen LogP contribution in [0.5, 0.6) is 0 Å². The van der Waals surface area contributed by atoms with Crippen LogP contribution >= 0.6 is 0 Å². The zero-order chi connectivity index (χ0) is 17.3. The fraction of sp³-hybridized carbons (Fsp3) is 0.571. The highest BCUT2D eigenvalue weighted by Gasteiger charge is 2.32. The molecule has 2 rings (SSSR count). The standard InChI is InChI=1S/C14H19F2NO4S2/c1-22(18,19)11-6-4-5-10(9-11)17-12-7-2-3-8-13(12)23(20,21)14(15)16/h2-3,7-8,10-11,14,17H,4-6,9H2,1H3. The van der Waals surface area contributed by atoms with E-state index in [1.165, 1.54) is 18.4 Å². The van der Waals surface area contributed by atoms with Crippen molar-refractivity contribution < 1.29 is 25.6 Å². The van der Waals surface area contributed by atoms with E-state index in [0.29, 0.717) is 25.7 Å². The highest BCUT2D eigenvalue weighted by atomic mass is 32.2. The summed E-state index contributed by atoms with van der Waals surface area (Å²) in [6.45, 7) is 0. The van der Waals surface area contributed by atoms with Crippen molar-refractivity contribution in [1.82, 2.24) is 0 Å². The van der Waals surface area contributed by atoms with Crippen molar-refractivity contribution in [2.24, 2.45) is 0 Å². The average Bonchev–Trinajstić information content (AvgIpc) is 2.47. The summed E-state index contributed by atoms with van der Waals surface area (Å²) < 4.78 is 72.4. The fourth-order valence-corrected chi connectivity index (χ4v) is 4.89. The van der Waals surface area contributed by atoms with Gasteiger partial charge in [-0.05, 0) is 31.4 Å². The maximum absolute atomic E-state index is 12.8. The van der Waals surface area contributed by atoms with Crippen molar-refractivity contribution in [3.63, 3.8) is 0 Å². The van der Waals surface area contributed by atoms with Gasteiger partial charge in [-0.1, -0.05) is 18.6 Å². The molecule has 1 aromatic rings. The number of hydrogen-bond acceptors (Lipinski definition) is 5. The number of halogens is 2. The Hall–Kier alpha value is -1.22. The largest absolute Gasteiger partial charge is 0.381 e. The topological polar surface area (TPSA) is 80.3 Å². The zero-order valence-corrected chi connectivity index (χ0v) is 14.2. The lowest BCUT2D eigenvalue weighted by atomic mass is 9.95. The molecule has 0 aromatic heterocycles. The summed E-state index contributed by atoms with van der Waals surface area (Å²) >= 11 is 0. The van der Waals surface area contributed by atoms with Crippen LogP contribution in [-0.2, 0) is 19.7 Å².